The zero-order valence-corrected chi connectivity index (χ0v) is 19.3. The van der Waals surface area contributed by atoms with Gasteiger partial charge < -0.3 is 14.5 Å². The topological polar surface area (TPSA) is 98.2 Å². The molecule has 1 saturated heterocycles. The molecule has 1 aliphatic heterocycles. The van der Waals surface area contributed by atoms with Crippen molar-refractivity contribution in [3.05, 3.63) is 68.4 Å². The highest BCUT2D eigenvalue weighted by atomic mass is 32.1. The van der Waals surface area contributed by atoms with Crippen LogP contribution in [0.2, 0.25) is 0 Å². The summed E-state index contributed by atoms with van der Waals surface area (Å²) in [7, 11) is 1.61. The van der Waals surface area contributed by atoms with Crippen molar-refractivity contribution in [2.45, 2.75) is 45.1 Å². The number of ether oxygens (including phenoxy) is 2. The minimum absolute atomic E-state index is 0.106. The van der Waals surface area contributed by atoms with Crippen LogP contribution in [0.4, 0.5) is 0 Å². The van der Waals surface area contributed by atoms with Crippen molar-refractivity contribution in [3.63, 3.8) is 0 Å². The number of aromatic amines is 1. The van der Waals surface area contributed by atoms with E-state index in [2.05, 4.69) is 36.9 Å². The van der Waals surface area contributed by atoms with Crippen LogP contribution in [0.15, 0.2) is 46.6 Å². The Morgan fingerprint density at radius 3 is 3.00 bits per heavy atom. The number of H-pyrrole nitrogens is 1. The van der Waals surface area contributed by atoms with Gasteiger partial charge in [-0.3, -0.25) is 9.69 Å². The third-order valence-electron chi connectivity index (χ3n) is 5.86. The summed E-state index contributed by atoms with van der Waals surface area (Å²) in [6, 6.07) is 11.8. The van der Waals surface area contributed by atoms with Gasteiger partial charge >= 0.3 is 0 Å². The molecule has 4 heterocycles. The van der Waals surface area contributed by atoms with Crippen LogP contribution in [0.1, 0.15) is 29.1 Å². The first kappa shape index (κ1) is 21.7. The fourth-order valence-electron chi connectivity index (χ4n) is 4.16. The smallest absolute Gasteiger partial charge is 0.252 e. The number of pyridine rings is 1. The quantitative estimate of drug-likeness (QED) is 0.405. The molecule has 1 atom stereocenters. The second-order valence-electron chi connectivity index (χ2n) is 8.21. The monoisotopic (exact) mass is 466 g/mol. The molecule has 0 unspecified atom stereocenters. The van der Waals surface area contributed by atoms with Crippen LogP contribution in [-0.2, 0) is 30.9 Å². The van der Waals surface area contributed by atoms with Gasteiger partial charge in [-0.15, -0.1) is 16.4 Å². The average Bonchev–Trinajstić information content (AvgIpc) is 3.59. The number of aromatic nitrogens is 5. The zero-order valence-electron chi connectivity index (χ0n) is 18.4. The summed E-state index contributed by atoms with van der Waals surface area (Å²) in [5.74, 6) is 1.48. The molecule has 1 N–H and O–H groups in total. The molecule has 1 aromatic carbocycles. The van der Waals surface area contributed by atoms with E-state index in [0.717, 1.165) is 36.2 Å². The van der Waals surface area contributed by atoms with E-state index in [0.29, 0.717) is 37.5 Å². The van der Waals surface area contributed by atoms with Crippen molar-refractivity contribution in [3.8, 4) is 5.75 Å². The van der Waals surface area contributed by atoms with Gasteiger partial charge in [-0.1, -0.05) is 6.07 Å². The van der Waals surface area contributed by atoms with Crippen LogP contribution in [-0.4, -0.2) is 49.9 Å². The molecular formula is C23H26N6O3S. The van der Waals surface area contributed by atoms with Crippen LogP contribution in [0, 0.1) is 0 Å². The lowest BCUT2D eigenvalue weighted by Gasteiger charge is -2.21. The maximum absolute atomic E-state index is 12.9. The Bertz CT molecular complexity index is 1260. The molecule has 172 valence electrons. The van der Waals surface area contributed by atoms with Crippen molar-refractivity contribution in [1.82, 2.24) is 30.1 Å². The maximum atomic E-state index is 12.9. The molecule has 0 radical (unpaired) electrons. The normalized spacial score (nSPS) is 16.1. The molecule has 10 heteroatoms. The molecule has 3 aromatic heterocycles. The van der Waals surface area contributed by atoms with Crippen molar-refractivity contribution in [2.24, 2.45) is 0 Å². The summed E-state index contributed by atoms with van der Waals surface area (Å²) in [6.07, 6.45) is 2.25. The van der Waals surface area contributed by atoms with Crippen molar-refractivity contribution >= 4 is 22.2 Å². The summed E-state index contributed by atoms with van der Waals surface area (Å²) < 4.78 is 12.9. The van der Waals surface area contributed by atoms with Crippen LogP contribution in [0.3, 0.4) is 0 Å². The van der Waals surface area contributed by atoms with Gasteiger partial charge in [-0.25, -0.2) is 4.68 Å². The Morgan fingerprint density at radius 1 is 1.27 bits per heavy atom. The Balaban J connectivity index is 1.40. The predicted octanol–water partition coefficient (Wildman–Crippen LogP) is 2.97. The Hall–Kier alpha value is -3.08. The molecule has 0 saturated carbocycles. The highest BCUT2D eigenvalue weighted by Crippen LogP contribution is 2.21. The van der Waals surface area contributed by atoms with E-state index in [1.165, 1.54) is 4.88 Å². The molecule has 9 nitrogen and oxygen atoms in total. The Morgan fingerprint density at radius 2 is 2.21 bits per heavy atom. The standard InChI is InChI=1S/C23H26N6O3S/c1-31-18-7-6-16-10-17(23(30)24-21(16)11-18)12-28(14-20-5-3-9-33-20)15-22-25-26-27-29(22)13-19-4-2-8-32-19/h3,5-7,9-11,19H,2,4,8,12-15H2,1H3,(H,24,30)/t19-/m0/s1. The molecule has 1 aliphatic rings. The fourth-order valence-corrected chi connectivity index (χ4v) is 4.91. The zero-order chi connectivity index (χ0) is 22.6. The van der Waals surface area contributed by atoms with Gasteiger partial charge in [0.2, 0.25) is 0 Å². The van der Waals surface area contributed by atoms with Crippen molar-refractivity contribution < 1.29 is 9.47 Å². The highest BCUT2D eigenvalue weighted by molar-refractivity contribution is 7.09. The average molecular weight is 467 g/mol. The van der Waals surface area contributed by atoms with Crippen LogP contribution >= 0.6 is 11.3 Å². The number of hydrogen-bond acceptors (Lipinski definition) is 8. The first-order chi connectivity index (χ1) is 16.2. The molecule has 1 fully saturated rings. The Kier molecular flexibility index (Phi) is 6.47. The summed E-state index contributed by atoms with van der Waals surface area (Å²) >= 11 is 1.70. The molecule has 4 aromatic rings. The van der Waals surface area contributed by atoms with Gasteiger partial charge in [0.15, 0.2) is 5.82 Å². The third kappa shape index (κ3) is 5.13. The van der Waals surface area contributed by atoms with Crippen LogP contribution in [0.25, 0.3) is 10.9 Å². The van der Waals surface area contributed by atoms with Gasteiger partial charge in [-0.05, 0) is 58.3 Å². The van der Waals surface area contributed by atoms with Gasteiger partial charge in [0.25, 0.3) is 5.56 Å². The van der Waals surface area contributed by atoms with Gasteiger partial charge in [0.05, 0.1) is 31.8 Å². The molecule has 0 bridgehead atoms. The van der Waals surface area contributed by atoms with E-state index in [9.17, 15) is 4.79 Å². The molecular weight excluding hydrogens is 440 g/mol. The number of nitrogens with one attached hydrogen (secondary N) is 1. The third-order valence-corrected chi connectivity index (χ3v) is 6.72. The minimum Gasteiger partial charge on any atom is -0.497 e. The highest BCUT2D eigenvalue weighted by Gasteiger charge is 2.21. The second-order valence-corrected chi connectivity index (χ2v) is 9.25. The van der Waals surface area contributed by atoms with Gasteiger partial charge in [0.1, 0.15) is 5.75 Å². The lowest BCUT2D eigenvalue weighted by molar-refractivity contribution is 0.0915. The fraction of sp³-hybridized carbons (Fsp3) is 0.391. The number of thiophene rings is 1. The molecule has 0 aliphatic carbocycles. The first-order valence-corrected chi connectivity index (χ1v) is 11.9. The maximum Gasteiger partial charge on any atom is 0.252 e. The summed E-state index contributed by atoms with van der Waals surface area (Å²) in [6.45, 7) is 3.14. The van der Waals surface area contributed by atoms with E-state index in [1.807, 2.05) is 35.0 Å². The molecule has 33 heavy (non-hydrogen) atoms. The van der Waals surface area contributed by atoms with E-state index < -0.39 is 0 Å². The number of tetrazole rings is 1. The number of rotatable bonds is 9. The van der Waals surface area contributed by atoms with Crippen LogP contribution < -0.4 is 10.3 Å². The van der Waals surface area contributed by atoms with Gasteiger partial charge in [0, 0.05) is 36.2 Å². The van der Waals surface area contributed by atoms with Crippen molar-refractivity contribution in [1.29, 1.82) is 0 Å². The number of hydrogen-bond donors (Lipinski definition) is 1. The largest absolute Gasteiger partial charge is 0.497 e. The number of fused-ring (bicyclic) bond motifs is 1. The lowest BCUT2D eigenvalue weighted by Crippen LogP contribution is -2.28. The molecule has 5 rings (SSSR count). The molecule has 0 spiro atoms. The predicted molar refractivity (Wildman–Crippen MR) is 125 cm³/mol. The lowest BCUT2D eigenvalue weighted by atomic mass is 10.1. The van der Waals surface area contributed by atoms with E-state index >= 15 is 0 Å². The van der Waals surface area contributed by atoms with E-state index in [4.69, 9.17) is 9.47 Å². The van der Waals surface area contributed by atoms with E-state index in [-0.39, 0.29) is 11.7 Å². The molecule has 0 amide bonds. The summed E-state index contributed by atoms with van der Waals surface area (Å²) in [5.41, 5.74) is 1.35. The Labute approximate surface area is 194 Å². The van der Waals surface area contributed by atoms with Gasteiger partial charge in [-0.2, -0.15) is 0 Å². The first-order valence-electron chi connectivity index (χ1n) is 11.0. The van der Waals surface area contributed by atoms with E-state index in [1.54, 1.807) is 18.4 Å². The summed E-state index contributed by atoms with van der Waals surface area (Å²) in [5, 5.41) is 15.4. The number of benzene rings is 1. The summed E-state index contributed by atoms with van der Waals surface area (Å²) in [4.78, 5) is 19.3. The van der Waals surface area contributed by atoms with Crippen molar-refractivity contribution in [2.75, 3.05) is 13.7 Å². The minimum atomic E-state index is -0.106. The second kappa shape index (κ2) is 9.82. The van der Waals surface area contributed by atoms with Crippen LogP contribution in [0.5, 0.6) is 5.75 Å². The number of methoxy groups -OCH3 is 1. The number of nitrogens with zero attached hydrogens (tertiary/aromatic N) is 5. The SMILES string of the molecule is COc1ccc2cc(CN(Cc3cccs3)Cc3nnnn3C[C@@H]3CCCO3)c(=O)[nH]c2c1.